The van der Waals surface area contributed by atoms with Crippen LogP contribution in [-0.2, 0) is 4.74 Å². The maximum Gasteiger partial charge on any atom is 0.123 e. The molecular formula is C12H17NO3. The summed E-state index contributed by atoms with van der Waals surface area (Å²) in [6, 6.07) is 6.88. The molecule has 0 bridgehead atoms. The molecule has 4 nitrogen and oxygen atoms in total. The Morgan fingerprint density at radius 2 is 2.12 bits per heavy atom. The van der Waals surface area contributed by atoms with E-state index in [2.05, 4.69) is 4.90 Å². The topological polar surface area (TPSA) is 41.9 Å². The number of aromatic hydroxyl groups is 1. The molecule has 16 heavy (non-hydrogen) atoms. The summed E-state index contributed by atoms with van der Waals surface area (Å²) >= 11 is 0. The highest BCUT2D eigenvalue weighted by Crippen LogP contribution is 2.17. The minimum atomic E-state index is 0.240. The second-order valence-electron chi connectivity index (χ2n) is 3.80. The standard InChI is InChI=1S/C12H17NO3/c14-11-2-1-3-12(10-11)16-9-6-13-4-7-15-8-5-13/h1-3,10,14H,4-9H2. The fourth-order valence-electron chi connectivity index (χ4n) is 1.69. The van der Waals surface area contributed by atoms with Gasteiger partial charge >= 0.3 is 0 Å². The molecule has 0 saturated carbocycles. The molecule has 1 fully saturated rings. The molecule has 1 aromatic carbocycles. The zero-order chi connectivity index (χ0) is 11.2. The van der Waals surface area contributed by atoms with Gasteiger partial charge in [-0.1, -0.05) is 6.07 Å². The maximum atomic E-state index is 9.25. The lowest BCUT2D eigenvalue weighted by Gasteiger charge is -2.26. The molecule has 1 N–H and O–H groups in total. The predicted molar refractivity (Wildman–Crippen MR) is 60.9 cm³/mol. The highest BCUT2D eigenvalue weighted by molar-refractivity contribution is 5.31. The monoisotopic (exact) mass is 223 g/mol. The lowest BCUT2D eigenvalue weighted by Crippen LogP contribution is -2.38. The van der Waals surface area contributed by atoms with E-state index in [0.29, 0.717) is 12.4 Å². The fourth-order valence-corrected chi connectivity index (χ4v) is 1.69. The summed E-state index contributed by atoms with van der Waals surface area (Å²) in [5.74, 6) is 0.956. The fraction of sp³-hybridized carbons (Fsp3) is 0.500. The molecule has 1 saturated heterocycles. The molecule has 0 spiro atoms. The Morgan fingerprint density at radius 3 is 2.88 bits per heavy atom. The number of nitrogens with zero attached hydrogens (tertiary/aromatic N) is 1. The van der Waals surface area contributed by atoms with Gasteiger partial charge in [-0.05, 0) is 12.1 Å². The summed E-state index contributed by atoms with van der Waals surface area (Å²) in [6.07, 6.45) is 0. The van der Waals surface area contributed by atoms with E-state index in [1.807, 2.05) is 6.07 Å². The Bertz CT molecular complexity index is 324. The number of phenolic OH excluding ortho intramolecular Hbond substituents is 1. The first-order valence-corrected chi connectivity index (χ1v) is 5.56. The summed E-state index contributed by atoms with van der Waals surface area (Å²) in [5, 5.41) is 9.25. The third kappa shape index (κ3) is 3.40. The zero-order valence-corrected chi connectivity index (χ0v) is 9.26. The number of hydrogen-bond donors (Lipinski definition) is 1. The molecule has 0 unspecified atom stereocenters. The van der Waals surface area contributed by atoms with Crippen LogP contribution in [0.3, 0.4) is 0 Å². The van der Waals surface area contributed by atoms with Gasteiger partial charge in [-0.2, -0.15) is 0 Å². The summed E-state index contributed by atoms with van der Waals surface area (Å²) in [4.78, 5) is 2.31. The van der Waals surface area contributed by atoms with Crippen LogP contribution in [0.4, 0.5) is 0 Å². The maximum absolute atomic E-state index is 9.25. The van der Waals surface area contributed by atoms with Gasteiger partial charge in [0.2, 0.25) is 0 Å². The van der Waals surface area contributed by atoms with E-state index in [1.54, 1.807) is 18.2 Å². The van der Waals surface area contributed by atoms with E-state index in [1.165, 1.54) is 0 Å². The van der Waals surface area contributed by atoms with Gasteiger partial charge in [-0.25, -0.2) is 0 Å². The average Bonchev–Trinajstić information content (AvgIpc) is 2.30. The van der Waals surface area contributed by atoms with Crippen molar-refractivity contribution < 1.29 is 14.6 Å². The molecular weight excluding hydrogens is 206 g/mol. The number of benzene rings is 1. The first-order chi connectivity index (χ1) is 7.84. The third-order valence-corrected chi connectivity index (χ3v) is 2.60. The van der Waals surface area contributed by atoms with Gasteiger partial charge in [0.05, 0.1) is 13.2 Å². The Balaban J connectivity index is 1.71. The molecule has 1 aliphatic rings. The van der Waals surface area contributed by atoms with Crippen molar-refractivity contribution in [2.24, 2.45) is 0 Å². The molecule has 2 rings (SSSR count). The van der Waals surface area contributed by atoms with E-state index >= 15 is 0 Å². The van der Waals surface area contributed by atoms with E-state index in [-0.39, 0.29) is 5.75 Å². The molecule has 0 aromatic heterocycles. The normalized spacial score (nSPS) is 17.2. The first-order valence-electron chi connectivity index (χ1n) is 5.56. The van der Waals surface area contributed by atoms with Crippen molar-refractivity contribution in [3.8, 4) is 11.5 Å². The van der Waals surface area contributed by atoms with Crippen molar-refractivity contribution in [3.05, 3.63) is 24.3 Å². The predicted octanol–water partition coefficient (Wildman–Crippen LogP) is 1.10. The van der Waals surface area contributed by atoms with Gasteiger partial charge in [0, 0.05) is 25.7 Å². The van der Waals surface area contributed by atoms with Crippen LogP contribution in [0.5, 0.6) is 11.5 Å². The minimum Gasteiger partial charge on any atom is -0.508 e. The third-order valence-electron chi connectivity index (χ3n) is 2.60. The second-order valence-corrected chi connectivity index (χ2v) is 3.80. The van der Waals surface area contributed by atoms with Crippen LogP contribution in [0.1, 0.15) is 0 Å². The molecule has 0 radical (unpaired) electrons. The van der Waals surface area contributed by atoms with Gasteiger partial charge in [-0.3, -0.25) is 4.90 Å². The SMILES string of the molecule is Oc1cccc(OCCN2CCOCC2)c1. The largest absolute Gasteiger partial charge is 0.508 e. The Hall–Kier alpha value is -1.26. The van der Waals surface area contributed by atoms with Gasteiger partial charge in [0.15, 0.2) is 0 Å². The van der Waals surface area contributed by atoms with Crippen molar-refractivity contribution in [2.75, 3.05) is 39.5 Å². The van der Waals surface area contributed by atoms with Crippen molar-refractivity contribution in [2.45, 2.75) is 0 Å². The van der Waals surface area contributed by atoms with Crippen LogP contribution < -0.4 is 4.74 Å². The first kappa shape index (κ1) is 11.2. The van der Waals surface area contributed by atoms with Crippen molar-refractivity contribution in [1.82, 2.24) is 4.90 Å². The average molecular weight is 223 g/mol. The Labute approximate surface area is 95.4 Å². The number of phenols is 1. The summed E-state index contributed by atoms with van der Waals surface area (Å²) in [7, 11) is 0. The molecule has 1 heterocycles. The number of ether oxygens (including phenoxy) is 2. The van der Waals surface area contributed by atoms with Gasteiger partial charge in [0.25, 0.3) is 0 Å². The molecule has 0 atom stereocenters. The number of morpholine rings is 1. The van der Waals surface area contributed by atoms with Crippen LogP contribution in [0.25, 0.3) is 0 Å². The van der Waals surface area contributed by atoms with Crippen LogP contribution >= 0.6 is 0 Å². The quantitative estimate of drug-likeness (QED) is 0.830. The second kappa shape index (κ2) is 5.72. The van der Waals surface area contributed by atoms with Gasteiger partial charge in [-0.15, -0.1) is 0 Å². The molecule has 88 valence electrons. The van der Waals surface area contributed by atoms with E-state index < -0.39 is 0 Å². The molecule has 0 amide bonds. The van der Waals surface area contributed by atoms with Crippen LogP contribution in [0.15, 0.2) is 24.3 Å². The van der Waals surface area contributed by atoms with Gasteiger partial charge in [0.1, 0.15) is 18.1 Å². The zero-order valence-electron chi connectivity index (χ0n) is 9.26. The highest BCUT2D eigenvalue weighted by atomic mass is 16.5. The lowest BCUT2D eigenvalue weighted by atomic mass is 10.3. The summed E-state index contributed by atoms with van der Waals surface area (Å²) < 4.78 is 10.8. The molecule has 0 aliphatic carbocycles. The summed E-state index contributed by atoms with van der Waals surface area (Å²) in [6.45, 7) is 5.12. The van der Waals surface area contributed by atoms with Crippen LogP contribution in [0.2, 0.25) is 0 Å². The molecule has 1 aliphatic heterocycles. The van der Waals surface area contributed by atoms with Gasteiger partial charge < -0.3 is 14.6 Å². The van der Waals surface area contributed by atoms with Crippen molar-refractivity contribution >= 4 is 0 Å². The number of rotatable bonds is 4. The smallest absolute Gasteiger partial charge is 0.123 e. The van der Waals surface area contributed by atoms with E-state index in [9.17, 15) is 5.11 Å². The lowest BCUT2D eigenvalue weighted by molar-refractivity contribution is 0.0322. The van der Waals surface area contributed by atoms with Crippen molar-refractivity contribution in [3.63, 3.8) is 0 Å². The molecule has 4 heteroatoms. The Morgan fingerprint density at radius 1 is 1.31 bits per heavy atom. The Kier molecular flexibility index (Phi) is 4.02. The van der Waals surface area contributed by atoms with Crippen LogP contribution in [-0.4, -0.2) is 49.5 Å². The molecule has 1 aromatic rings. The summed E-state index contributed by atoms with van der Waals surface area (Å²) in [5.41, 5.74) is 0. The highest BCUT2D eigenvalue weighted by Gasteiger charge is 2.09. The van der Waals surface area contributed by atoms with Crippen molar-refractivity contribution in [1.29, 1.82) is 0 Å². The van der Waals surface area contributed by atoms with E-state index in [0.717, 1.165) is 32.8 Å². The minimum absolute atomic E-state index is 0.240. The van der Waals surface area contributed by atoms with E-state index in [4.69, 9.17) is 9.47 Å². The van der Waals surface area contributed by atoms with Crippen LogP contribution in [0, 0.1) is 0 Å². The number of hydrogen-bond acceptors (Lipinski definition) is 4.